The molecule has 0 aliphatic heterocycles. The molecule has 1 aromatic heterocycles. The quantitative estimate of drug-likeness (QED) is 0.239. The molecule has 0 unspecified atom stereocenters. The zero-order chi connectivity index (χ0) is 28.8. The minimum absolute atomic E-state index is 0. The second kappa shape index (κ2) is 16.2. The summed E-state index contributed by atoms with van der Waals surface area (Å²) in [6, 6.07) is 28.8. The van der Waals surface area contributed by atoms with E-state index in [0.29, 0.717) is 0 Å². The number of rotatable bonds is 3. The summed E-state index contributed by atoms with van der Waals surface area (Å²) in [5.74, 6) is 0. The van der Waals surface area contributed by atoms with Crippen molar-refractivity contribution in [3.05, 3.63) is 130 Å². The Morgan fingerprint density at radius 2 is 1.38 bits per heavy atom. The average molecular weight is 691 g/mol. The van der Waals surface area contributed by atoms with E-state index in [0.717, 1.165) is 12.8 Å². The summed E-state index contributed by atoms with van der Waals surface area (Å²) >= 11 is 3.24. The summed E-state index contributed by atoms with van der Waals surface area (Å²) in [6.07, 6.45) is 9.63. The van der Waals surface area contributed by atoms with E-state index in [1.807, 2.05) is 6.07 Å². The molecule has 0 atom stereocenters. The third-order valence-corrected chi connectivity index (χ3v) is 8.33. The third-order valence-electron chi connectivity index (χ3n) is 7.15. The Labute approximate surface area is 284 Å². The van der Waals surface area contributed by atoms with Crippen molar-refractivity contribution in [1.29, 1.82) is 0 Å². The molecule has 1 aliphatic carbocycles. The van der Waals surface area contributed by atoms with Gasteiger partial charge < -0.3 is 24.8 Å². The molecule has 0 N–H and O–H groups in total. The van der Waals surface area contributed by atoms with E-state index in [9.17, 15) is 0 Å². The number of hydrogen-bond acceptors (Lipinski definition) is 1. The molecule has 0 fully saturated rings. The van der Waals surface area contributed by atoms with Crippen LogP contribution in [0.3, 0.4) is 0 Å². The fourth-order valence-corrected chi connectivity index (χ4v) is 5.92. The van der Waals surface area contributed by atoms with E-state index in [4.69, 9.17) is 0 Å². The molecule has 1 heterocycles. The van der Waals surface area contributed by atoms with Gasteiger partial charge in [0.05, 0.1) is 0 Å². The number of hydrogen-bond donors (Lipinski definition) is 0. The molecular formula is C38H40Cl2SZr-2. The van der Waals surface area contributed by atoms with Crippen molar-refractivity contribution in [3.8, 4) is 0 Å². The zero-order valence-electron chi connectivity index (χ0n) is 25.5. The molecule has 0 nitrogen and oxygen atoms in total. The normalized spacial score (nSPS) is 12.3. The predicted octanol–water partition coefficient (Wildman–Crippen LogP) is 4.79. The van der Waals surface area contributed by atoms with Crippen molar-refractivity contribution < 1.29 is 49.0 Å². The van der Waals surface area contributed by atoms with E-state index in [2.05, 4.69) is 147 Å². The van der Waals surface area contributed by atoms with Crippen molar-refractivity contribution in [2.75, 3.05) is 0 Å². The van der Waals surface area contributed by atoms with Gasteiger partial charge in [0.15, 0.2) is 0 Å². The fourth-order valence-electron chi connectivity index (χ4n) is 4.68. The molecule has 0 amide bonds. The van der Waals surface area contributed by atoms with Crippen LogP contribution in [0.25, 0.3) is 27.1 Å². The standard InChI is InChI=1S/C21H25.C9H7S.C8H8.2ClH.Zr/c1-20(2,3)16-9-7-14-11-15-8-10-17(21(4,5)6)13-19(15)18(14)12-16;1-2-4-8(3-1)9-5-6-10-7-9;1-2-8-6-4-3-5-7-8;;;/h7-13H,1-6H3;1,3,5-7H,2H2;1,3-7H,2H2;2*1H;/q2*-1;;;;+2/p-2. The van der Waals surface area contributed by atoms with Gasteiger partial charge in [-0.1, -0.05) is 94.8 Å². The number of thiophene rings is 1. The Morgan fingerprint density at radius 3 is 1.81 bits per heavy atom. The van der Waals surface area contributed by atoms with Crippen LogP contribution in [0.15, 0.2) is 102 Å². The summed E-state index contributed by atoms with van der Waals surface area (Å²) in [4.78, 5) is 0. The van der Waals surface area contributed by atoms with Gasteiger partial charge in [-0.15, -0.1) is 51.4 Å². The monoisotopic (exact) mass is 688 g/mol. The molecule has 0 saturated heterocycles. The van der Waals surface area contributed by atoms with E-state index in [1.54, 1.807) is 11.3 Å². The van der Waals surface area contributed by atoms with Crippen molar-refractivity contribution in [3.63, 3.8) is 0 Å². The van der Waals surface area contributed by atoms with Gasteiger partial charge in [0.1, 0.15) is 0 Å². The van der Waals surface area contributed by atoms with Gasteiger partial charge in [0.2, 0.25) is 0 Å². The minimum atomic E-state index is 0. The number of halogens is 2. The Morgan fingerprint density at radius 1 is 0.810 bits per heavy atom. The number of benzene rings is 3. The topological polar surface area (TPSA) is 0 Å². The molecule has 0 bridgehead atoms. The summed E-state index contributed by atoms with van der Waals surface area (Å²) in [7, 11) is 0. The first-order chi connectivity index (χ1) is 19.1. The molecule has 0 saturated carbocycles. The first-order valence-corrected chi connectivity index (χ1v) is 16.4. The summed E-state index contributed by atoms with van der Waals surface area (Å²) < 4.78 is 2.25. The van der Waals surface area contributed by atoms with E-state index < -0.39 is 0 Å². The number of fused-ring (bicyclic) bond motifs is 3. The van der Waals surface area contributed by atoms with Gasteiger partial charge >= 0.3 is 70.3 Å². The molecule has 4 heteroatoms. The SMILES string of the molecule is CC(C)(C)c1ccc2[cH-]c3ccc(C(C)(C)C)cc3c2c1.[C-]1=C(c2ccsc2)C=CC1.[Cl-].[Cl-].[Zr+2]=[CH]Cc1ccccc1. The van der Waals surface area contributed by atoms with E-state index >= 15 is 0 Å². The third kappa shape index (κ3) is 9.78. The first kappa shape index (κ1) is 36.2. The van der Waals surface area contributed by atoms with Gasteiger partial charge in [-0.2, -0.15) is 29.1 Å². The van der Waals surface area contributed by atoms with Crippen molar-refractivity contribution in [1.82, 2.24) is 0 Å². The van der Waals surface area contributed by atoms with Crippen LogP contribution in [0.5, 0.6) is 0 Å². The first-order valence-electron chi connectivity index (χ1n) is 14.0. The maximum absolute atomic E-state index is 3.27. The fraction of sp³-hybridized carbons (Fsp3) is 0.263. The average Bonchev–Trinajstić information content (AvgIpc) is 3.70. The molecule has 42 heavy (non-hydrogen) atoms. The van der Waals surface area contributed by atoms with Gasteiger partial charge in [-0.25, -0.2) is 0 Å². The summed E-state index contributed by atoms with van der Waals surface area (Å²) in [5.41, 5.74) is 7.17. The van der Waals surface area contributed by atoms with Crippen LogP contribution in [0.2, 0.25) is 0 Å². The molecule has 6 rings (SSSR count). The molecule has 0 spiro atoms. The molecule has 4 aromatic carbocycles. The van der Waals surface area contributed by atoms with E-state index in [-0.39, 0.29) is 35.6 Å². The zero-order valence-corrected chi connectivity index (χ0v) is 30.3. The van der Waals surface area contributed by atoms with Crippen LogP contribution in [0, 0.1) is 6.08 Å². The number of allylic oxidation sites excluding steroid dienone is 4. The molecule has 218 valence electrons. The molecule has 5 aromatic rings. The molecular weight excluding hydrogens is 651 g/mol. The van der Waals surface area contributed by atoms with Crippen LogP contribution in [-0.2, 0) is 41.5 Å². The molecule has 1 aliphatic rings. The van der Waals surface area contributed by atoms with Gasteiger partial charge in [0, 0.05) is 0 Å². The summed E-state index contributed by atoms with van der Waals surface area (Å²) in [5, 5.41) is 9.73. The Kier molecular flexibility index (Phi) is 14.0. The van der Waals surface area contributed by atoms with Gasteiger partial charge in [0.25, 0.3) is 0 Å². The Bertz CT molecular complexity index is 1540. The van der Waals surface area contributed by atoms with Crippen molar-refractivity contribution in [2.24, 2.45) is 0 Å². The second-order valence-electron chi connectivity index (χ2n) is 12.4. The van der Waals surface area contributed by atoms with Crippen molar-refractivity contribution in [2.45, 2.75) is 65.2 Å². The van der Waals surface area contributed by atoms with Crippen molar-refractivity contribution >= 4 is 42.2 Å². The predicted molar refractivity (Wildman–Crippen MR) is 175 cm³/mol. The van der Waals surface area contributed by atoms with Gasteiger partial charge in [-0.3, -0.25) is 0 Å². The van der Waals surface area contributed by atoms with Crippen LogP contribution in [0.4, 0.5) is 0 Å². The summed E-state index contributed by atoms with van der Waals surface area (Å²) in [6.45, 7) is 13.7. The Hall–Kier alpha value is -1.96. The van der Waals surface area contributed by atoms with Crippen LogP contribution < -0.4 is 24.8 Å². The second-order valence-corrected chi connectivity index (χ2v) is 14.1. The van der Waals surface area contributed by atoms with Gasteiger partial charge in [-0.05, 0) is 16.2 Å². The molecule has 0 radical (unpaired) electrons. The van der Waals surface area contributed by atoms with Crippen LogP contribution >= 0.6 is 11.3 Å². The Balaban J connectivity index is 0.000000245. The van der Waals surface area contributed by atoms with Crippen LogP contribution in [-0.4, -0.2) is 3.71 Å². The maximum atomic E-state index is 3.27. The van der Waals surface area contributed by atoms with E-state index in [1.165, 1.54) is 73.6 Å². The van der Waals surface area contributed by atoms with Crippen LogP contribution in [0.1, 0.15) is 70.2 Å².